The first-order chi connectivity index (χ1) is 10.4. The molecule has 0 radical (unpaired) electrons. The maximum Gasteiger partial charge on any atom is 0.203 e. The molecule has 1 aromatic rings. The van der Waals surface area contributed by atoms with E-state index < -0.39 is 0 Å². The third kappa shape index (κ3) is 2.83. The Bertz CT molecular complexity index is 463. The fraction of sp³-hybridized carbons (Fsp3) is 0.824. The Morgan fingerprint density at radius 3 is 2.71 bits per heavy atom. The minimum absolute atomic E-state index is 0.620. The summed E-state index contributed by atoms with van der Waals surface area (Å²) in [5.41, 5.74) is 0. The van der Waals surface area contributed by atoms with E-state index in [0.717, 1.165) is 12.0 Å². The molecule has 0 aromatic carbocycles. The lowest BCUT2D eigenvalue weighted by Gasteiger charge is -2.35. The van der Waals surface area contributed by atoms with Gasteiger partial charge >= 0.3 is 0 Å². The first-order valence-corrected chi connectivity index (χ1v) is 8.93. The molecular formula is C17H28N4. The molecule has 2 unspecified atom stereocenters. The van der Waals surface area contributed by atoms with Gasteiger partial charge in [0, 0.05) is 37.1 Å². The molecule has 0 bridgehead atoms. The monoisotopic (exact) mass is 288 g/mol. The van der Waals surface area contributed by atoms with Crippen LogP contribution >= 0.6 is 0 Å². The maximum atomic E-state index is 4.61. The van der Waals surface area contributed by atoms with Crippen molar-refractivity contribution in [1.82, 2.24) is 14.5 Å². The van der Waals surface area contributed by atoms with E-state index in [4.69, 9.17) is 0 Å². The zero-order valence-electron chi connectivity index (χ0n) is 13.0. The molecule has 2 aliphatic heterocycles. The summed E-state index contributed by atoms with van der Waals surface area (Å²) < 4.78 is 2.42. The average molecular weight is 288 g/mol. The van der Waals surface area contributed by atoms with Crippen LogP contribution in [0.1, 0.15) is 63.8 Å². The molecule has 2 saturated heterocycles. The van der Waals surface area contributed by atoms with Crippen LogP contribution in [0.5, 0.6) is 0 Å². The molecule has 4 nitrogen and oxygen atoms in total. The van der Waals surface area contributed by atoms with E-state index in [-0.39, 0.29) is 0 Å². The van der Waals surface area contributed by atoms with Gasteiger partial charge in [0.2, 0.25) is 5.95 Å². The number of aromatic nitrogens is 2. The second-order valence-electron chi connectivity index (χ2n) is 7.15. The molecule has 1 N–H and O–H groups in total. The van der Waals surface area contributed by atoms with Gasteiger partial charge in [0.1, 0.15) is 0 Å². The molecule has 3 fully saturated rings. The number of imidazole rings is 1. The van der Waals surface area contributed by atoms with E-state index >= 15 is 0 Å². The zero-order valence-corrected chi connectivity index (χ0v) is 13.0. The highest BCUT2D eigenvalue weighted by atomic mass is 15.2. The van der Waals surface area contributed by atoms with Gasteiger partial charge in [-0.15, -0.1) is 0 Å². The Hall–Kier alpha value is -1.03. The van der Waals surface area contributed by atoms with Gasteiger partial charge in [0.25, 0.3) is 0 Å². The molecule has 1 aliphatic carbocycles. The lowest BCUT2D eigenvalue weighted by Crippen LogP contribution is -2.43. The lowest BCUT2D eigenvalue weighted by atomic mass is 9.95. The van der Waals surface area contributed by atoms with E-state index in [0.29, 0.717) is 12.1 Å². The normalized spacial score (nSPS) is 31.2. The van der Waals surface area contributed by atoms with Crippen LogP contribution in [0, 0.1) is 0 Å². The molecule has 0 spiro atoms. The van der Waals surface area contributed by atoms with Crippen molar-refractivity contribution in [2.24, 2.45) is 0 Å². The number of rotatable bonds is 3. The first-order valence-electron chi connectivity index (χ1n) is 8.93. The minimum atomic E-state index is 0.620. The minimum Gasteiger partial charge on any atom is -0.353 e. The van der Waals surface area contributed by atoms with Gasteiger partial charge in [-0.05, 0) is 45.1 Å². The molecule has 2 atom stereocenters. The van der Waals surface area contributed by atoms with Gasteiger partial charge in [0.05, 0.1) is 0 Å². The van der Waals surface area contributed by atoms with E-state index in [1.165, 1.54) is 70.9 Å². The van der Waals surface area contributed by atoms with E-state index in [9.17, 15) is 0 Å². The summed E-state index contributed by atoms with van der Waals surface area (Å²) >= 11 is 0. The Morgan fingerprint density at radius 2 is 1.81 bits per heavy atom. The molecule has 3 heterocycles. The van der Waals surface area contributed by atoms with Gasteiger partial charge in [-0.1, -0.05) is 19.3 Å². The number of anilines is 1. The summed E-state index contributed by atoms with van der Waals surface area (Å²) in [7, 11) is 0. The maximum absolute atomic E-state index is 4.61. The quantitative estimate of drug-likeness (QED) is 0.925. The largest absolute Gasteiger partial charge is 0.353 e. The average Bonchev–Trinajstić information content (AvgIpc) is 3.16. The highest BCUT2D eigenvalue weighted by molar-refractivity contribution is 5.29. The van der Waals surface area contributed by atoms with Crippen molar-refractivity contribution in [3.05, 3.63) is 12.4 Å². The van der Waals surface area contributed by atoms with Gasteiger partial charge < -0.3 is 14.8 Å². The molecule has 0 amide bonds. The number of nitrogens with zero attached hydrogens (tertiary/aromatic N) is 3. The van der Waals surface area contributed by atoms with Crippen LogP contribution < -0.4 is 5.32 Å². The Balaban J connectivity index is 1.41. The molecule has 21 heavy (non-hydrogen) atoms. The predicted octanol–water partition coefficient (Wildman–Crippen LogP) is 3.43. The SMILES string of the molecule is c1cn(C2CCCCC2)c(NC2CCN3CCCC3C2)n1. The van der Waals surface area contributed by atoms with Crippen molar-refractivity contribution in [2.45, 2.75) is 75.9 Å². The molecule has 3 aliphatic rings. The third-order valence-corrected chi connectivity index (χ3v) is 5.79. The molecule has 1 aromatic heterocycles. The number of fused-ring (bicyclic) bond motifs is 1. The Morgan fingerprint density at radius 1 is 0.952 bits per heavy atom. The topological polar surface area (TPSA) is 33.1 Å². The van der Waals surface area contributed by atoms with Crippen LogP contribution in [0.3, 0.4) is 0 Å². The smallest absolute Gasteiger partial charge is 0.203 e. The number of hydrogen-bond acceptors (Lipinski definition) is 3. The van der Waals surface area contributed by atoms with Crippen molar-refractivity contribution in [1.29, 1.82) is 0 Å². The zero-order chi connectivity index (χ0) is 14.1. The summed E-state index contributed by atoms with van der Waals surface area (Å²) in [6.07, 6.45) is 16.3. The van der Waals surface area contributed by atoms with Gasteiger partial charge in [-0.3, -0.25) is 0 Å². The van der Waals surface area contributed by atoms with Crippen LogP contribution in [0.4, 0.5) is 5.95 Å². The number of piperidine rings is 1. The van der Waals surface area contributed by atoms with E-state index in [1.54, 1.807) is 0 Å². The van der Waals surface area contributed by atoms with Gasteiger partial charge in [-0.25, -0.2) is 4.98 Å². The predicted molar refractivity (Wildman–Crippen MR) is 85.6 cm³/mol. The van der Waals surface area contributed by atoms with Crippen LogP contribution in [0.25, 0.3) is 0 Å². The summed E-state index contributed by atoms with van der Waals surface area (Å²) in [5, 5.41) is 3.76. The second kappa shape index (κ2) is 5.99. The standard InChI is InChI=1S/C17H28N4/c1-2-5-15(6-3-1)21-12-9-18-17(21)19-14-8-11-20-10-4-7-16(20)13-14/h9,12,14-16H,1-8,10-11,13H2,(H,18,19). The Kier molecular flexibility index (Phi) is 3.89. The van der Waals surface area contributed by atoms with Crippen molar-refractivity contribution < 1.29 is 0 Å². The van der Waals surface area contributed by atoms with E-state index in [2.05, 4.69) is 26.0 Å². The van der Waals surface area contributed by atoms with Crippen molar-refractivity contribution >= 4 is 5.95 Å². The van der Waals surface area contributed by atoms with Crippen molar-refractivity contribution in [3.63, 3.8) is 0 Å². The van der Waals surface area contributed by atoms with Crippen LogP contribution in [-0.4, -0.2) is 39.6 Å². The fourth-order valence-corrected chi connectivity index (χ4v) is 4.62. The lowest BCUT2D eigenvalue weighted by molar-refractivity contribution is 0.187. The van der Waals surface area contributed by atoms with Crippen molar-refractivity contribution in [2.75, 3.05) is 18.4 Å². The van der Waals surface area contributed by atoms with Crippen LogP contribution in [0.2, 0.25) is 0 Å². The second-order valence-corrected chi connectivity index (χ2v) is 7.15. The highest BCUT2D eigenvalue weighted by Crippen LogP contribution is 2.32. The van der Waals surface area contributed by atoms with Gasteiger partial charge in [-0.2, -0.15) is 0 Å². The summed E-state index contributed by atoms with van der Waals surface area (Å²) in [5.74, 6) is 1.12. The van der Waals surface area contributed by atoms with E-state index in [1.807, 2.05) is 6.20 Å². The first kappa shape index (κ1) is 13.6. The molecule has 4 rings (SSSR count). The summed E-state index contributed by atoms with van der Waals surface area (Å²) in [6, 6.07) is 2.12. The third-order valence-electron chi connectivity index (χ3n) is 5.79. The molecule has 116 valence electrons. The number of hydrogen-bond donors (Lipinski definition) is 1. The summed E-state index contributed by atoms with van der Waals surface area (Å²) in [4.78, 5) is 7.30. The number of nitrogens with one attached hydrogen (secondary N) is 1. The van der Waals surface area contributed by atoms with Crippen molar-refractivity contribution in [3.8, 4) is 0 Å². The molecule has 1 saturated carbocycles. The highest BCUT2D eigenvalue weighted by Gasteiger charge is 2.32. The molecular weight excluding hydrogens is 260 g/mol. The fourth-order valence-electron chi connectivity index (χ4n) is 4.62. The summed E-state index contributed by atoms with van der Waals surface area (Å²) in [6.45, 7) is 2.60. The molecule has 4 heteroatoms. The van der Waals surface area contributed by atoms with Crippen LogP contribution in [-0.2, 0) is 0 Å². The van der Waals surface area contributed by atoms with Crippen LogP contribution in [0.15, 0.2) is 12.4 Å². The van der Waals surface area contributed by atoms with Gasteiger partial charge in [0.15, 0.2) is 0 Å². The Labute approximate surface area is 127 Å².